The molecule has 4 heteroatoms. The number of hydrogen-bond donors (Lipinski definition) is 2. The molecule has 1 heterocycles. The van der Waals surface area contributed by atoms with Crippen molar-refractivity contribution >= 4 is 5.91 Å². The van der Waals surface area contributed by atoms with Crippen LogP contribution in [0, 0.1) is 11.8 Å². The number of nitrogens with one attached hydrogen (secondary N) is 2. The molecular formula is C16H24N2O2. The predicted octanol–water partition coefficient (Wildman–Crippen LogP) is 2.06. The summed E-state index contributed by atoms with van der Waals surface area (Å²) in [4.78, 5) is 12.3. The van der Waals surface area contributed by atoms with Crippen molar-refractivity contribution < 1.29 is 9.53 Å². The van der Waals surface area contributed by atoms with E-state index in [1.54, 1.807) is 0 Å². The number of piperidine rings is 1. The standard InChI is InChI=1S/C16H24N2O2/c1-3-20-15-7-5-4-6-14(15)16(19)18-11-13-8-9-17-10-12(13)2/h4-7,12-13,17H,3,8-11H2,1-2H3,(H,18,19). The van der Waals surface area contributed by atoms with Gasteiger partial charge in [-0.25, -0.2) is 0 Å². The van der Waals surface area contributed by atoms with Crippen LogP contribution in [0.25, 0.3) is 0 Å². The highest BCUT2D eigenvalue weighted by atomic mass is 16.5. The van der Waals surface area contributed by atoms with Crippen LogP contribution in [0.15, 0.2) is 24.3 Å². The smallest absolute Gasteiger partial charge is 0.255 e. The maximum Gasteiger partial charge on any atom is 0.255 e. The highest BCUT2D eigenvalue weighted by Gasteiger charge is 2.22. The van der Waals surface area contributed by atoms with Gasteiger partial charge in [0.25, 0.3) is 5.91 Å². The summed E-state index contributed by atoms with van der Waals surface area (Å²) in [5.41, 5.74) is 0.621. The minimum absolute atomic E-state index is 0.0419. The van der Waals surface area contributed by atoms with Gasteiger partial charge in [0, 0.05) is 6.54 Å². The molecule has 110 valence electrons. The molecule has 2 rings (SSSR count). The molecule has 1 amide bonds. The Morgan fingerprint density at radius 1 is 1.45 bits per heavy atom. The van der Waals surface area contributed by atoms with Gasteiger partial charge in [-0.3, -0.25) is 4.79 Å². The van der Waals surface area contributed by atoms with E-state index in [1.807, 2.05) is 31.2 Å². The minimum Gasteiger partial charge on any atom is -0.493 e. The first-order chi connectivity index (χ1) is 9.72. The second kappa shape index (κ2) is 7.29. The van der Waals surface area contributed by atoms with E-state index in [1.165, 1.54) is 0 Å². The first kappa shape index (κ1) is 14.9. The lowest BCUT2D eigenvalue weighted by Gasteiger charge is -2.29. The van der Waals surface area contributed by atoms with E-state index in [9.17, 15) is 4.79 Å². The zero-order chi connectivity index (χ0) is 14.4. The fraction of sp³-hybridized carbons (Fsp3) is 0.562. The van der Waals surface area contributed by atoms with Gasteiger partial charge in [0.2, 0.25) is 0 Å². The molecule has 2 unspecified atom stereocenters. The Kier molecular flexibility index (Phi) is 5.41. The SMILES string of the molecule is CCOc1ccccc1C(=O)NCC1CCNCC1C. The largest absolute Gasteiger partial charge is 0.493 e. The van der Waals surface area contributed by atoms with Crippen LogP contribution in [-0.2, 0) is 0 Å². The molecule has 1 fully saturated rings. The van der Waals surface area contributed by atoms with Crippen molar-refractivity contribution in [2.75, 3.05) is 26.2 Å². The summed E-state index contributed by atoms with van der Waals surface area (Å²) in [7, 11) is 0. The fourth-order valence-electron chi connectivity index (χ4n) is 2.63. The molecule has 4 nitrogen and oxygen atoms in total. The van der Waals surface area contributed by atoms with Crippen molar-refractivity contribution in [2.24, 2.45) is 11.8 Å². The first-order valence-electron chi connectivity index (χ1n) is 7.43. The molecular weight excluding hydrogens is 252 g/mol. The summed E-state index contributed by atoms with van der Waals surface area (Å²) in [6.07, 6.45) is 1.12. The maximum atomic E-state index is 12.3. The van der Waals surface area contributed by atoms with E-state index in [0.29, 0.717) is 29.8 Å². The van der Waals surface area contributed by atoms with Gasteiger partial charge in [-0.1, -0.05) is 19.1 Å². The van der Waals surface area contributed by atoms with Crippen LogP contribution in [0.1, 0.15) is 30.6 Å². The second-order valence-corrected chi connectivity index (χ2v) is 5.37. The molecule has 1 aliphatic heterocycles. The van der Waals surface area contributed by atoms with E-state index in [4.69, 9.17) is 4.74 Å². The van der Waals surface area contributed by atoms with Gasteiger partial charge in [-0.2, -0.15) is 0 Å². The number of amides is 1. The zero-order valence-electron chi connectivity index (χ0n) is 12.3. The normalized spacial score (nSPS) is 22.3. The molecule has 0 aliphatic carbocycles. The quantitative estimate of drug-likeness (QED) is 0.865. The molecule has 0 saturated carbocycles. The van der Waals surface area contributed by atoms with Crippen LogP contribution >= 0.6 is 0 Å². The van der Waals surface area contributed by atoms with E-state index < -0.39 is 0 Å². The van der Waals surface area contributed by atoms with Crippen molar-refractivity contribution in [3.8, 4) is 5.75 Å². The molecule has 2 N–H and O–H groups in total. The third-order valence-electron chi connectivity index (χ3n) is 3.92. The highest BCUT2D eigenvalue weighted by molar-refractivity contribution is 5.96. The van der Waals surface area contributed by atoms with Crippen LogP contribution in [0.5, 0.6) is 5.75 Å². The minimum atomic E-state index is -0.0419. The Hall–Kier alpha value is -1.55. The van der Waals surface area contributed by atoms with E-state index in [2.05, 4.69) is 17.6 Å². The molecule has 1 aromatic carbocycles. The Bertz CT molecular complexity index is 448. The average molecular weight is 276 g/mol. The maximum absolute atomic E-state index is 12.3. The molecule has 0 bridgehead atoms. The molecule has 0 radical (unpaired) electrons. The average Bonchev–Trinajstić information content (AvgIpc) is 2.47. The second-order valence-electron chi connectivity index (χ2n) is 5.37. The van der Waals surface area contributed by atoms with Crippen LogP contribution < -0.4 is 15.4 Å². The molecule has 1 aliphatic rings. The fourth-order valence-corrected chi connectivity index (χ4v) is 2.63. The molecule has 20 heavy (non-hydrogen) atoms. The zero-order valence-corrected chi connectivity index (χ0v) is 12.3. The number of carbonyl (C=O) groups is 1. The number of ether oxygens (including phenoxy) is 1. The number of rotatable bonds is 5. The van der Waals surface area contributed by atoms with Gasteiger partial charge in [0.05, 0.1) is 12.2 Å². The van der Waals surface area contributed by atoms with E-state index >= 15 is 0 Å². The Morgan fingerprint density at radius 2 is 2.25 bits per heavy atom. The number of carbonyl (C=O) groups excluding carboxylic acids is 1. The summed E-state index contributed by atoms with van der Waals surface area (Å²) in [6, 6.07) is 7.40. The number of para-hydroxylation sites is 1. The number of benzene rings is 1. The van der Waals surface area contributed by atoms with Crippen LogP contribution in [0.4, 0.5) is 0 Å². The Balaban J connectivity index is 1.94. The highest BCUT2D eigenvalue weighted by Crippen LogP contribution is 2.20. The Morgan fingerprint density at radius 3 is 3.00 bits per heavy atom. The van der Waals surface area contributed by atoms with Gasteiger partial charge in [0.1, 0.15) is 5.75 Å². The van der Waals surface area contributed by atoms with Crippen LogP contribution in [-0.4, -0.2) is 32.1 Å². The van der Waals surface area contributed by atoms with Crippen molar-refractivity contribution in [3.63, 3.8) is 0 Å². The monoisotopic (exact) mass is 276 g/mol. The molecule has 1 saturated heterocycles. The summed E-state index contributed by atoms with van der Waals surface area (Å²) in [6.45, 7) is 7.54. The predicted molar refractivity (Wildman–Crippen MR) is 80.1 cm³/mol. The van der Waals surface area contributed by atoms with Crippen molar-refractivity contribution in [3.05, 3.63) is 29.8 Å². The lowest BCUT2D eigenvalue weighted by atomic mass is 9.88. The lowest BCUT2D eigenvalue weighted by molar-refractivity contribution is 0.0934. The molecule has 0 spiro atoms. The molecule has 2 atom stereocenters. The van der Waals surface area contributed by atoms with E-state index in [-0.39, 0.29) is 5.91 Å². The number of hydrogen-bond acceptors (Lipinski definition) is 3. The third-order valence-corrected chi connectivity index (χ3v) is 3.92. The molecule has 1 aromatic rings. The van der Waals surface area contributed by atoms with Crippen molar-refractivity contribution in [2.45, 2.75) is 20.3 Å². The van der Waals surface area contributed by atoms with Crippen molar-refractivity contribution in [1.29, 1.82) is 0 Å². The summed E-state index contributed by atoms with van der Waals surface area (Å²) >= 11 is 0. The lowest BCUT2D eigenvalue weighted by Crippen LogP contribution is -2.41. The topological polar surface area (TPSA) is 50.4 Å². The van der Waals surface area contributed by atoms with Gasteiger partial charge < -0.3 is 15.4 Å². The van der Waals surface area contributed by atoms with Gasteiger partial charge in [0.15, 0.2) is 0 Å². The van der Waals surface area contributed by atoms with Crippen molar-refractivity contribution in [1.82, 2.24) is 10.6 Å². The summed E-state index contributed by atoms with van der Waals surface area (Å²) < 4.78 is 5.50. The molecule has 0 aromatic heterocycles. The van der Waals surface area contributed by atoms with E-state index in [0.717, 1.165) is 26.1 Å². The van der Waals surface area contributed by atoms with Gasteiger partial charge >= 0.3 is 0 Å². The summed E-state index contributed by atoms with van der Waals surface area (Å²) in [5, 5.41) is 6.43. The summed E-state index contributed by atoms with van der Waals surface area (Å²) in [5.74, 6) is 1.77. The van der Waals surface area contributed by atoms with Crippen LogP contribution in [0.3, 0.4) is 0 Å². The Labute approximate surface area is 120 Å². The third kappa shape index (κ3) is 3.73. The first-order valence-corrected chi connectivity index (χ1v) is 7.43. The van der Waals surface area contributed by atoms with Gasteiger partial charge in [-0.15, -0.1) is 0 Å². The van der Waals surface area contributed by atoms with Gasteiger partial charge in [-0.05, 0) is 50.4 Å². The van der Waals surface area contributed by atoms with Crippen LogP contribution in [0.2, 0.25) is 0 Å².